The van der Waals surface area contributed by atoms with Gasteiger partial charge in [0.05, 0.1) is 5.39 Å². The Morgan fingerprint density at radius 1 is 0.341 bits per heavy atom. The predicted molar refractivity (Wildman–Crippen MR) is 184 cm³/mol. The van der Waals surface area contributed by atoms with Gasteiger partial charge in [-0.2, -0.15) is 0 Å². The standard InChI is InChI=1S/C42H24O2/c1-2-12-27-25(10-1)11-9-18-29(27)40-32-15-5-3-13-30(32)39(31-14-4-6-16-33(31)40)26-20-21-28-34-22-23-37-41(42(34)44-38(28)24-26)35-17-7-8-19-36(35)43-37/h1-24H. The smallest absolute Gasteiger partial charge is 0.147 e. The Morgan fingerprint density at radius 3 is 1.73 bits per heavy atom. The van der Waals surface area contributed by atoms with Crippen LogP contribution in [0.15, 0.2) is 154 Å². The second-order valence-electron chi connectivity index (χ2n) is 11.6. The molecule has 0 aliphatic heterocycles. The minimum absolute atomic E-state index is 0.846. The summed E-state index contributed by atoms with van der Waals surface area (Å²) in [5.74, 6) is 0. The minimum Gasteiger partial charge on any atom is -0.456 e. The van der Waals surface area contributed by atoms with Crippen LogP contribution in [0.3, 0.4) is 0 Å². The lowest BCUT2D eigenvalue weighted by Gasteiger charge is -2.18. The summed E-state index contributed by atoms with van der Waals surface area (Å²) in [6, 6.07) is 52.0. The van der Waals surface area contributed by atoms with E-state index in [4.69, 9.17) is 8.83 Å². The number of fused-ring (bicyclic) bond motifs is 10. The normalized spacial score (nSPS) is 12.1. The molecule has 0 N–H and O–H groups in total. The largest absolute Gasteiger partial charge is 0.456 e. The van der Waals surface area contributed by atoms with Crippen LogP contribution in [0.5, 0.6) is 0 Å². The van der Waals surface area contributed by atoms with E-state index in [2.05, 4.69) is 133 Å². The molecule has 0 saturated carbocycles. The summed E-state index contributed by atoms with van der Waals surface area (Å²) in [5, 5.41) is 11.8. The van der Waals surface area contributed by atoms with Gasteiger partial charge in [0.15, 0.2) is 0 Å². The Morgan fingerprint density at radius 2 is 0.955 bits per heavy atom. The van der Waals surface area contributed by atoms with Gasteiger partial charge in [-0.3, -0.25) is 0 Å². The molecule has 10 aromatic rings. The molecule has 204 valence electrons. The molecule has 8 aromatic carbocycles. The highest BCUT2D eigenvalue weighted by molar-refractivity contribution is 6.25. The van der Waals surface area contributed by atoms with Crippen molar-refractivity contribution in [2.24, 2.45) is 0 Å². The monoisotopic (exact) mass is 560 g/mol. The first-order valence-corrected chi connectivity index (χ1v) is 15.0. The van der Waals surface area contributed by atoms with Gasteiger partial charge in [0.2, 0.25) is 0 Å². The van der Waals surface area contributed by atoms with E-state index in [0.29, 0.717) is 0 Å². The van der Waals surface area contributed by atoms with E-state index in [1.807, 2.05) is 12.1 Å². The van der Waals surface area contributed by atoms with Crippen molar-refractivity contribution in [1.29, 1.82) is 0 Å². The molecular formula is C42H24O2. The van der Waals surface area contributed by atoms with Crippen LogP contribution in [0.1, 0.15) is 0 Å². The van der Waals surface area contributed by atoms with Crippen LogP contribution in [0.25, 0.3) is 98.4 Å². The maximum atomic E-state index is 6.70. The van der Waals surface area contributed by atoms with Crippen molar-refractivity contribution in [2.75, 3.05) is 0 Å². The average Bonchev–Trinajstić information content (AvgIpc) is 3.65. The zero-order valence-corrected chi connectivity index (χ0v) is 23.7. The first kappa shape index (κ1) is 23.7. The lowest BCUT2D eigenvalue weighted by molar-refractivity contribution is 0.663. The zero-order chi connectivity index (χ0) is 28.8. The number of benzene rings is 8. The SMILES string of the molecule is c1ccc2c(-c3c4ccccc4c(-c4ccc5c(c4)oc4c5ccc5oc6ccccc6c54)c4ccccc34)cccc2c1. The molecule has 0 fully saturated rings. The van der Waals surface area contributed by atoms with Crippen molar-refractivity contribution in [2.45, 2.75) is 0 Å². The maximum absolute atomic E-state index is 6.70. The molecule has 2 aromatic heterocycles. The Balaban J connectivity index is 1.29. The summed E-state index contributed by atoms with van der Waals surface area (Å²) < 4.78 is 12.9. The van der Waals surface area contributed by atoms with E-state index >= 15 is 0 Å². The highest BCUT2D eigenvalue weighted by Gasteiger charge is 2.20. The third kappa shape index (κ3) is 3.20. The molecule has 10 rings (SSSR count). The summed E-state index contributed by atoms with van der Waals surface area (Å²) in [6.07, 6.45) is 0. The maximum Gasteiger partial charge on any atom is 0.147 e. The zero-order valence-electron chi connectivity index (χ0n) is 23.7. The van der Waals surface area contributed by atoms with Gasteiger partial charge in [-0.1, -0.05) is 115 Å². The number of hydrogen-bond acceptors (Lipinski definition) is 2. The van der Waals surface area contributed by atoms with Gasteiger partial charge in [0.25, 0.3) is 0 Å². The molecule has 0 aliphatic carbocycles. The molecule has 0 spiro atoms. The molecule has 2 nitrogen and oxygen atoms in total. The number of para-hydroxylation sites is 1. The lowest BCUT2D eigenvalue weighted by atomic mass is 9.84. The highest BCUT2D eigenvalue weighted by atomic mass is 16.3. The van der Waals surface area contributed by atoms with Crippen molar-refractivity contribution < 1.29 is 8.83 Å². The molecule has 0 atom stereocenters. The molecule has 0 radical (unpaired) electrons. The van der Waals surface area contributed by atoms with Crippen molar-refractivity contribution >= 4 is 76.2 Å². The van der Waals surface area contributed by atoms with Crippen molar-refractivity contribution in [3.63, 3.8) is 0 Å². The van der Waals surface area contributed by atoms with Crippen molar-refractivity contribution in [1.82, 2.24) is 0 Å². The van der Waals surface area contributed by atoms with Crippen LogP contribution in [-0.2, 0) is 0 Å². The summed E-state index contributed by atoms with van der Waals surface area (Å²) in [4.78, 5) is 0. The Kier molecular flexibility index (Phi) is 4.75. The summed E-state index contributed by atoms with van der Waals surface area (Å²) in [7, 11) is 0. The average molecular weight is 561 g/mol. The second-order valence-corrected chi connectivity index (χ2v) is 11.6. The van der Waals surface area contributed by atoms with Crippen LogP contribution >= 0.6 is 0 Å². The molecule has 44 heavy (non-hydrogen) atoms. The van der Waals surface area contributed by atoms with E-state index in [0.717, 1.165) is 49.4 Å². The first-order chi connectivity index (χ1) is 21.8. The lowest BCUT2D eigenvalue weighted by Crippen LogP contribution is -1.91. The van der Waals surface area contributed by atoms with E-state index in [1.54, 1.807) is 0 Å². The van der Waals surface area contributed by atoms with Gasteiger partial charge in [-0.15, -0.1) is 0 Å². The molecule has 0 aliphatic rings. The Hall–Kier alpha value is -5.86. The van der Waals surface area contributed by atoms with Crippen LogP contribution in [0.4, 0.5) is 0 Å². The fourth-order valence-corrected chi connectivity index (χ4v) is 7.37. The van der Waals surface area contributed by atoms with E-state index in [1.165, 1.54) is 49.0 Å². The van der Waals surface area contributed by atoms with Gasteiger partial charge >= 0.3 is 0 Å². The topological polar surface area (TPSA) is 26.3 Å². The summed E-state index contributed by atoms with van der Waals surface area (Å²) >= 11 is 0. The fraction of sp³-hybridized carbons (Fsp3) is 0. The van der Waals surface area contributed by atoms with Gasteiger partial charge in [0, 0.05) is 16.2 Å². The predicted octanol–water partition coefficient (Wildman–Crippen LogP) is 12.3. The van der Waals surface area contributed by atoms with Gasteiger partial charge in [0.1, 0.15) is 22.3 Å². The molecule has 0 bridgehead atoms. The second kappa shape index (κ2) is 8.82. The Bertz CT molecular complexity index is 2710. The van der Waals surface area contributed by atoms with Crippen LogP contribution in [0, 0.1) is 0 Å². The van der Waals surface area contributed by atoms with E-state index in [9.17, 15) is 0 Å². The third-order valence-electron chi connectivity index (χ3n) is 9.26. The fourth-order valence-electron chi connectivity index (χ4n) is 7.37. The van der Waals surface area contributed by atoms with Crippen molar-refractivity contribution in [3.8, 4) is 22.3 Å². The van der Waals surface area contributed by atoms with E-state index in [-0.39, 0.29) is 0 Å². The van der Waals surface area contributed by atoms with Crippen LogP contribution in [0.2, 0.25) is 0 Å². The van der Waals surface area contributed by atoms with Gasteiger partial charge in [-0.05, 0) is 84.9 Å². The summed E-state index contributed by atoms with van der Waals surface area (Å²) in [5.41, 5.74) is 8.37. The van der Waals surface area contributed by atoms with E-state index < -0.39 is 0 Å². The summed E-state index contributed by atoms with van der Waals surface area (Å²) in [6.45, 7) is 0. The molecule has 2 heterocycles. The number of rotatable bonds is 2. The molecule has 2 heteroatoms. The molecular weight excluding hydrogens is 536 g/mol. The molecule has 0 unspecified atom stereocenters. The van der Waals surface area contributed by atoms with Crippen LogP contribution < -0.4 is 0 Å². The third-order valence-corrected chi connectivity index (χ3v) is 9.26. The number of hydrogen-bond donors (Lipinski definition) is 0. The quantitative estimate of drug-likeness (QED) is 0.197. The molecule has 0 amide bonds. The van der Waals surface area contributed by atoms with Crippen molar-refractivity contribution in [3.05, 3.63) is 146 Å². The van der Waals surface area contributed by atoms with Gasteiger partial charge in [-0.25, -0.2) is 0 Å². The minimum atomic E-state index is 0.846. The molecule has 0 saturated heterocycles. The van der Waals surface area contributed by atoms with Crippen LogP contribution in [-0.4, -0.2) is 0 Å². The van der Waals surface area contributed by atoms with Gasteiger partial charge < -0.3 is 8.83 Å². The Labute approximate surface area is 252 Å². The number of furan rings is 2. The first-order valence-electron chi connectivity index (χ1n) is 15.0. The highest BCUT2D eigenvalue weighted by Crippen LogP contribution is 2.46.